The van der Waals surface area contributed by atoms with Crippen molar-refractivity contribution in [2.24, 2.45) is 0 Å². The number of ether oxygens (including phenoxy) is 1. The van der Waals surface area contributed by atoms with Crippen LogP contribution in [0.15, 0.2) is 42.5 Å². The molecule has 0 aliphatic heterocycles. The molecule has 0 fully saturated rings. The summed E-state index contributed by atoms with van der Waals surface area (Å²) < 4.78 is 5.82. The maximum Gasteiger partial charge on any atom is 0.261 e. The molecule has 3 nitrogen and oxygen atoms in total. The highest BCUT2D eigenvalue weighted by molar-refractivity contribution is 7.98. The first kappa shape index (κ1) is 20.7. The molecular formula is C21H26ClNO2S. The van der Waals surface area contributed by atoms with Crippen LogP contribution >= 0.6 is 23.4 Å². The Morgan fingerprint density at radius 1 is 1.19 bits per heavy atom. The van der Waals surface area contributed by atoms with Crippen LogP contribution in [0.25, 0.3) is 0 Å². The molecule has 1 atom stereocenters. The van der Waals surface area contributed by atoms with Crippen molar-refractivity contribution in [2.45, 2.75) is 39.0 Å². The van der Waals surface area contributed by atoms with Gasteiger partial charge in [-0.2, -0.15) is 11.8 Å². The zero-order valence-electron chi connectivity index (χ0n) is 15.5. The second kappa shape index (κ2) is 10.5. The molecule has 0 saturated heterocycles. The van der Waals surface area contributed by atoms with Gasteiger partial charge in [0.05, 0.1) is 0 Å². The average molecular weight is 392 g/mol. The molecule has 0 aliphatic carbocycles. The van der Waals surface area contributed by atoms with Crippen LogP contribution in [0.3, 0.4) is 0 Å². The second-order valence-corrected chi connectivity index (χ2v) is 7.77. The lowest BCUT2D eigenvalue weighted by molar-refractivity contribution is -0.127. The Labute approximate surface area is 165 Å². The molecule has 0 spiro atoms. The third kappa shape index (κ3) is 6.58. The van der Waals surface area contributed by atoms with Crippen molar-refractivity contribution in [3.63, 3.8) is 0 Å². The third-order valence-electron chi connectivity index (χ3n) is 4.01. The molecule has 0 aliphatic rings. The number of rotatable bonds is 9. The maximum absolute atomic E-state index is 12.3. The third-order valence-corrected chi connectivity index (χ3v) is 5.46. The van der Waals surface area contributed by atoms with Crippen molar-refractivity contribution in [1.82, 2.24) is 5.32 Å². The first-order valence-electron chi connectivity index (χ1n) is 8.83. The van der Waals surface area contributed by atoms with Crippen molar-refractivity contribution in [3.8, 4) is 5.75 Å². The molecule has 0 aromatic heterocycles. The van der Waals surface area contributed by atoms with Crippen molar-refractivity contribution >= 4 is 29.3 Å². The zero-order chi connectivity index (χ0) is 18.9. The molecule has 0 bridgehead atoms. The lowest BCUT2D eigenvalue weighted by Gasteiger charge is -2.17. The maximum atomic E-state index is 12.3. The molecule has 1 N–H and O–H groups in total. The molecule has 140 valence electrons. The van der Waals surface area contributed by atoms with Gasteiger partial charge in [0, 0.05) is 23.1 Å². The number of benzene rings is 2. The summed E-state index contributed by atoms with van der Waals surface area (Å²) in [5.41, 5.74) is 3.51. The highest BCUT2D eigenvalue weighted by Crippen LogP contribution is 2.22. The van der Waals surface area contributed by atoms with Gasteiger partial charge in [-0.15, -0.1) is 0 Å². The number of amides is 1. The Hall–Kier alpha value is -1.65. The number of carbonyl (C=O) groups is 1. The molecule has 0 heterocycles. The number of halogens is 1. The minimum atomic E-state index is -0.488. The summed E-state index contributed by atoms with van der Waals surface area (Å²) in [6, 6.07) is 14.0. The fraction of sp³-hybridized carbons (Fsp3) is 0.381. The summed E-state index contributed by atoms with van der Waals surface area (Å²) in [4.78, 5) is 12.3. The van der Waals surface area contributed by atoms with E-state index in [-0.39, 0.29) is 5.91 Å². The smallest absolute Gasteiger partial charge is 0.261 e. The van der Waals surface area contributed by atoms with E-state index in [1.807, 2.05) is 31.7 Å². The van der Waals surface area contributed by atoms with Crippen LogP contribution in [0.2, 0.25) is 5.02 Å². The highest BCUT2D eigenvalue weighted by atomic mass is 35.5. The average Bonchev–Trinajstić information content (AvgIpc) is 2.63. The number of nitrogens with one attached hydrogen (secondary N) is 1. The Balaban J connectivity index is 1.72. The predicted octanol–water partition coefficient (Wildman–Crippen LogP) is 5.16. The van der Waals surface area contributed by atoms with Crippen molar-refractivity contribution in [2.75, 3.05) is 12.3 Å². The van der Waals surface area contributed by atoms with E-state index >= 15 is 0 Å². The summed E-state index contributed by atoms with van der Waals surface area (Å²) >= 11 is 7.84. The van der Waals surface area contributed by atoms with E-state index in [2.05, 4.69) is 36.5 Å². The number of hydrogen-bond acceptors (Lipinski definition) is 3. The number of thioether (sulfide) groups is 1. The standard InChI is InChI=1S/C21H26ClNO2S/c1-4-20(25-18-9-10-19(22)16(3)13-18)21(24)23-11-12-26-14-17-7-5-15(2)6-8-17/h5-10,13,20H,4,11-12,14H2,1-3H3,(H,23,24)/t20-/m0/s1. The second-order valence-electron chi connectivity index (χ2n) is 6.25. The topological polar surface area (TPSA) is 38.3 Å². The summed E-state index contributed by atoms with van der Waals surface area (Å²) in [5.74, 6) is 2.42. The minimum absolute atomic E-state index is 0.0731. The van der Waals surface area contributed by atoms with E-state index < -0.39 is 6.10 Å². The molecule has 2 aromatic carbocycles. The van der Waals surface area contributed by atoms with Gasteiger partial charge in [0.1, 0.15) is 5.75 Å². The highest BCUT2D eigenvalue weighted by Gasteiger charge is 2.18. The molecule has 26 heavy (non-hydrogen) atoms. The van der Waals surface area contributed by atoms with E-state index in [0.717, 1.165) is 17.1 Å². The van der Waals surface area contributed by atoms with E-state index in [4.69, 9.17) is 16.3 Å². The molecule has 2 rings (SSSR count). The minimum Gasteiger partial charge on any atom is -0.481 e. The molecule has 2 aromatic rings. The molecule has 0 unspecified atom stereocenters. The van der Waals surface area contributed by atoms with E-state index in [1.54, 1.807) is 12.1 Å². The van der Waals surface area contributed by atoms with E-state index in [9.17, 15) is 4.79 Å². The Morgan fingerprint density at radius 2 is 1.92 bits per heavy atom. The first-order valence-corrected chi connectivity index (χ1v) is 10.4. The van der Waals surface area contributed by atoms with Crippen LogP contribution in [-0.2, 0) is 10.5 Å². The molecule has 0 radical (unpaired) electrons. The number of hydrogen-bond donors (Lipinski definition) is 1. The Kier molecular flexibility index (Phi) is 8.33. The quantitative estimate of drug-likeness (QED) is 0.599. The fourth-order valence-electron chi connectivity index (χ4n) is 2.41. The molecule has 1 amide bonds. The van der Waals surface area contributed by atoms with Gasteiger partial charge < -0.3 is 10.1 Å². The summed E-state index contributed by atoms with van der Waals surface area (Å²) in [6.07, 6.45) is 0.127. The summed E-state index contributed by atoms with van der Waals surface area (Å²) in [6.45, 7) is 6.58. The van der Waals surface area contributed by atoms with Gasteiger partial charge in [-0.3, -0.25) is 4.79 Å². The number of aryl methyl sites for hydroxylation is 2. The van der Waals surface area contributed by atoms with Crippen molar-refractivity contribution in [1.29, 1.82) is 0 Å². The van der Waals surface area contributed by atoms with E-state index in [1.165, 1.54) is 11.1 Å². The van der Waals surface area contributed by atoms with Gasteiger partial charge in [0.15, 0.2) is 6.10 Å². The SMILES string of the molecule is CC[C@H](Oc1ccc(Cl)c(C)c1)C(=O)NCCSCc1ccc(C)cc1. The largest absolute Gasteiger partial charge is 0.481 e. The predicted molar refractivity (Wildman–Crippen MR) is 111 cm³/mol. The van der Waals surface area contributed by atoms with Crippen LogP contribution in [0.5, 0.6) is 5.75 Å². The van der Waals surface area contributed by atoms with Crippen LogP contribution in [0.4, 0.5) is 0 Å². The Bertz CT molecular complexity index is 718. The van der Waals surface area contributed by atoms with Gasteiger partial charge in [0.2, 0.25) is 0 Å². The monoisotopic (exact) mass is 391 g/mol. The number of carbonyl (C=O) groups excluding carboxylic acids is 1. The summed E-state index contributed by atoms with van der Waals surface area (Å²) in [5, 5.41) is 3.66. The first-order chi connectivity index (χ1) is 12.5. The van der Waals surface area contributed by atoms with Gasteiger partial charge in [-0.05, 0) is 49.6 Å². The van der Waals surface area contributed by atoms with Gasteiger partial charge >= 0.3 is 0 Å². The lowest BCUT2D eigenvalue weighted by Crippen LogP contribution is -2.39. The molecular weight excluding hydrogens is 366 g/mol. The summed E-state index contributed by atoms with van der Waals surface area (Å²) in [7, 11) is 0. The van der Waals surface area contributed by atoms with Crippen molar-refractivity contribution in [3.05, 3.63) is 64.2 Å². The van der Waals surface area contributed by atoms with Crippen molar-refractivity contribution < 1.29 is 9.53 Å². The fourth-order valence-corrected chi connectivity index (χ4v) is 3.35. The van der Waals surface area contributed by atoms with E-state index in [0.29, 0.717) is 23.7 Å². The van der Waals surface area contributed by atoms with Crippen LogP contribution in [0, 0.1) is 13.8 Å². The normalized spacial score (nSPS) is 11.8. The van der Waals surface area contributed by atoms with Gasteiger partial charge in [-0.1, -0.05) is 48.4 Å². The zero-order valence-corrected chi connectivity index (χ0v) is 17.1. The Morgan fingerprint density at radius 3 is 2.58 bits per heavy atom. The lowest BCUT2D eigenvalue weighted by atomic mass is 10.2. The van der Waals surface area contributed by atoms with Gasteiger partial charge in [0.25, 0.3) is 5.91 Å². The van der Waals surface area contributed by atoms with Gasteiger partial charge in [-0.25, -0.2) is 0 Å². The molecule has 0 saturated carbocycles. The van der Waals surface area contributed by atoms with Crippen LogP contribution < -0.4 is 10.1 Å². The van der Waals surface area contributed by atoms with Crippen LogP contribution in [0.1, 0.15) is 30.0 Å². The molecule has 5 heteroatoms. The van der Waals surface area contributed by atoms with Crippen LogP contribution in [-0.4, -0.2) is 24.3 Å².